The highest BCUT2D eigenvalue weighted by Gasteiger charge is 2.47. The number of nitrogens with zero attached hydrogens (tertiary/aromatic N) is 1. The Kier molecular flexibility index (Phi) is 5.13. The SMILES string of the molecule is Cc1cccc(C2/C(=C(/O)c3ccc4c(c3)OCCO4)C(=O)C(=O)N2c2ccccc2C)c1. The highest BCUT2D eigenvalue weighted by atomic mass is 16.6. The van der Waals surface area contributed by atoms with Crippen LogP contribution in [0.2, 0.25) is 0 Å². The van der Waals surface area contributed by atoms with Crippen molar-refractivity contribution in [3.8, 4) is 11.5 Å². The summed E-state index contributed by atoms with van der Waals surface area (Å²) < 4.78 is 11.2. The number of Topliss-reactive ketones (excluding diaryl/α,β-unsaturated/α-hetero) is 1. The second-order valence-electron chi connectivity index (χ2n) is 8.23. The van der Waals surface area contributed by atoms with E-state index < -0.39 is 17.7 Å². The first kappa shape index (κ1) is 20.8. The molecule has 2 heterocycles. The quantitative estimate of drug-likeness (QED) is 0.362. The van der Waals surface area contributed by atoms with Crippen LogP contribution in [0.4, 0.5) is 5.69 Å². The van der Waals surface area contributed by atoms with Gasteiger partial charge in [0.25, 0.3) is 11.7 Å². The summed E-state index contributed by atoms with van der Waals surface area (Å²) in [5.41, 5.74) is 3.66. The molecule has 0 bridgehead atoms. The van der Waals surface area contributed by atoms with Crippen LogP contribution in [0.15, 0.2) is 72.3 Å². The fourth-order valence-corrected chi connectivity index (χ4v) is 4.42. The van der Waals surface area contributed by atoms with E-state index >= 15 is 0 Å². The smallest absolute Gasteiger partial charge is 0.300 e. The van der Waals surface area contributed by atoms with Crippen molar-refractivity contribution in [2.45, 2.75) is 19.9 Å². The first-order chi connectivity index (χ1) is 16.0. The van der Waals surface area contributed by atoms with Crippen LogP contribution in [0.25, 0.3) is 5.76 Å². The molecule has 0 aliphatic carbocycles. The zero-order valence-electron chi connectivity index (χ0n) is 18.4. The summed E-state index contributed by atoms with van der Waals surface area (Å²) >= 11 is 0. The molecule has 166 valence electrons. The van der Waals surface area contributed by atoms with Crippen molar-refractivity contribution in [2.75, 3.05) is 18.1 Å². The fraction of sp³-hybridized carbons (Fsp3) is 0.185. The lowest BCUT2D eigenvalue weighted by molar-refractivity contribution is -0.132. The van der Waals surface area contributed by atoms with E-state index in [1.54, 1.807) is 18.2 Å². The van der Waals surface area contributed by atoms with Gasteiger partial charge >= 0.3 is 0 Å². The van der Waals surface area contributed by atoms with Crippen LogP contribution in [0.3, 0.4) is 0 Å². The molecule has 1 N–H and O–H groups in total. The number of ketones is 1. The summed E-state index contributed by atoms with van der Waals surface area (Å²) in [6.45, 7) is 4.69. The number of hydrogen-bond donors (Lipinski definition) is 1. The Balaban J connectivity index is 1.72. The molecule has 33 heavy (non-hydrogen) atoms. The van der Waals surface area contributed by atoms with Gasteiger partial charge in [-0.25, -0.2) is 0 Å². The molecule has 0 aromatic heterocycles. The summed E-state index contributed by atoms with van der Waals surface area (Å²) in [4.78, 5) is 28.1. The number of rotatable bonds is 3. The highest BCUT2D eigenvalue weighted by molar-refractivity contribution is 6.51. The van der Waals surface area contributed by atoms with Gasteiger partial charge in [0.15, 0.2) is 11.5 Å². The maximum Gasteiger partial charge on any atom is 0.300 e. The van der Waals surface area contributed by atoms with E-state index in [9.17, 15) is 14.7 Å². The number of aryl methyl sites for hydroxylation is 2. The minimum atomic E-state index is -0.765. The Morgan fingerprint density at radius 2 is 1.67 bits per heavy atom. The summed E-state index contributed by atoms with van der Waals surface area (Å²) in [7, 11) is 0. The second kappa shape index (κ2) is 8.13. The average Bonchev–Trinajstić information content (AvgIpc) is 3.09. The van der Waals surface area contributed by atoms with E-state index in [4.69, 9.17) is 9.47 Å². The Morgan fingerprint density at radius 3 is 2.42 bits per heavy atom. The van der Waals surface area contributed by atoms with Gasteiger partial charge in [-0.05, 0) is 49.2 Å². The van der Waals surface area contributed by atoms with Gasteiger partial charge in [-0.3, -0.25) is 14.5 Å². The van der Waals surface area contributed by atoms with Crippen LogP contribution < -0.4 is 14.4 Å². The van der Waals surface area contributed by atoms with Crippen molar-refractivity contribution < 1.29 is 24.2 Å². The molecule has 3 aromatic carbocycles. The van der Waals surface area contributed by atoms with Crippen LogP contribution in [0, 0.1) is 13.8 Å². The third-order valence-electron chi connectivity index (χ3n) is 5.99. The van der Waals surface area contributed by atoms with Gasteiger partial charge in [0, 0.05) is 11.3 Å². The topological polar surface area (TPSA) is 76.1 Å². The van der Waals surface area contributed by atoms with Gasteiger partial charge in [-0.2, -0.15) is 0 Å². The number of amides is 1. The number of fused-ring (bicyclic) bond motifs is 1. The molecule has 1 atom stereocenters. The molecule has 3 aromatic rings. The highest BCUT2D eigenvalue weighted by Crippen LogP contribution is 2.44. The molecule has 6 nitrogen and oxygen atoms in total. The minimum absolute atomic E-state index is 0.0468. The number of carbonyl (C=O) groups excluding carboxylic acids is 2. The molecule has 2 aliphatic rings. The maximum absolute atomic E-state index is 13.3. The molecule has 6 heteroatoms. The van der Waals surface area contributed by atoms with Crippen molar-refractivity contribution in [3.63, 3.8) is 0 Å². The molecule has 1 saturated heterocycles. The van der Waals surface area contributed by atoms with E-state index in [1.165, 1.54) is 4.90 Å². The van der Waals surface area contributed by atoms with Crippen LogP contribution in [-0.2, 0) is 9.59 Å². The van der Waals surface area contributed by atoms with E-state index in [0.29, 0.717) is 36.0 Å². The lowest BCUT2D eigenvalue weighted by atomic mass is 9.94. The van der Waals surface area contributed by atoms with Crippen LogP contribution in [0.1, 0.15) is 28.3 Å². The normalized spacial score (nSPS) is 19.1. The predicted molar refractivity (Wildman–Crippen MR) is 125 cm³/mol. The van der Waals surface area contributed by atoms with Crippen molar-refractivity contribution in [2.24, 2.45) is 0 Å². The lowest BCUT2D eigenvalue weighted by Crippen LogP contribution is -2.30. The molecule has 5 rings (SSSR count). The Bertz CT molecular complexity index is 1310. The number of para-hydroxylation sites is 1. The first-order valence-electron chi connectivity index (χ1n) is 10.8. The molecular formula is C27H23NO5. The number of hydrogen-bond acceptors (Lipinski definition) is 5. The molecule has 0 spiro atoms. The maximum atomic E-state index is 13.3. The molecule has 1 unspecified atom stereocenters. The third-order valence-corrected chi connectivity index (χ3v) is 5.99. The molecular weight excluding hydrogens is 418 g/mol. The minimum Gasteiger partial charge on any atom is -0.507 e. The van der Waals surface area contributed by atoms with Gasteiger partial charge < -0.3 is 14.6 Å². The Morgan fingerprint density at radius 1 is 0.909 bits per heavy atom. The average molecular weight is 441 g/mol. The van der Waals surface area contributed by atoms with Gasteiger partial charge in [0.1, 0.15) is 19.0 Å². The van der Waals surface area contributed by atoms with Crippen LogP contribution in [-0.4, -0.2) is 30.0 Å². The van der Waals surface area contributed by atoms with Crippen molar-refractivity contribution >= 4 is 23.1 Å². The standard InChI is InChI=1S/C27H23NO5/c1-16-6-5-8-18(14-16)24-23(25(29)19-10-11-21-22(15-19)33-13-12-32-21)26(30)27(31)28(24)20-9-4-3-7-17(20)2/h3-11,14-15,24,29H,12-13H2,1-2H3/b25-23-. The van der Waals surface area contributed by atoms with Gasteiger partial charge in [-0.1, -0.05) is 48.0 Å². The second-order valence-corrected chi connectivity index (χ2v) is 8.23. The fourth-order valence-electron chi connectivity index (χ4n) is 4.42. The summed E-state index contributed by atoms with van der Waals surface area (Å²) in [6, 6.07) is 19.3. The number of benzene rings is 3. The molecule has 0 radical (unpaired) electrons. The molecule has 0 saturated carbocycles. The predicted octanol–water partition coefficient (Wildman–Crippen LogP) is 4.70. The number of anilines is 1. The van der Waals surface area contributed by atoms with E-state index in [0.717, 1.165) is 16.7 Å². The Hall–Kier alpha value is -4.06. The summed E-state index contributed by atoms with van der Waals surface area (Å²) in [6.07, 6.45) is 0. The van der Waals surface area contributed by atoms with E-state index in [1.807, 2.05) is 62.4 Å². The van der Waals surface area contributed by atoms with Crippen LogP contribution >= 0.6 is 0 Å². The van der Waals surface area contributed by atoms with Gasteiger partial charge in [0.2, 0.25) is 0 Å². The van der Waals surface area contributed by atoms with Gasteiger partial charge in [-0.15, -0.1) is 0 Å². The number of carbonyl (C=O) groups is 2. The van der Waals surface area contributed by atoms with Gasteiger partial charge in [0.05, 0.1) is 11.6 Å². The number of aliphatic hydroxyl groups excluding tert-OH is 1. The van der Waals surface area contributed by atoms with Crippen molar-refractivity contribution in [3.05, 3.63) is 94.6 Å². The monoisotopic (exact) mass is 441 g/mol. The van der Waals surface area contributed by atoms with Crippen molar-refractivity contribution in [1.82, 2.24) is 0 Å². The zero-order chi connectivity index (χ0) is 23.1. The molecule has 1 amide bonds. The summed E-state index contributed by atoms with van der Waals surface area (Å²) in [5, 5.41) is 11.3. The van der Waals surface area contributed by atoms with Crippen LogP contribution in [0.5, 0.6) is 11.5 Å². The summed E-state index contributed by atoms with van der Waals surface area (Å²) in [5.74, 6) is -0.570. The van der Waals surface area contributed by atoms with Crippen molar-refractivity contribution in [1.29, 1.82) is 0 Å². The third kappa shape index (κ3) is 3.53. The Labute approximate surface area is 191 Å². The molecule has 1 fully saturated rings. The largest absolute Gasteiger partial charge is 0.507 e. The lowest BCUT2D eigenvalue weighted by Gasteiger charge is -2.27. The van der Waals surface area contributed by atoms with E-state index in [2.05, 4.69) is 0 Å². The molecule has 2 aliphatic heterocycles. The number of aliphatic hydroxyl groups is 1. The zero-order valence-corrected chi connectivity index (χ0v) is 18.4. The first-order valence-corrected chi connectivity index (χ1v) is 10.8. The van der Waals surface area contributed by atoms with E-state index in [-0.39, 0.29) is 11.3 Å². The number of ether oxygens (including phenoxy) is 2.